The predicted octanol–water partition coefficient (Wildman–Crippen LogP) is 2.15. The van der Waals surface area contributed by atoms with Crippen LogP contribution in [0, 0.1) is 5.41 Å². The number of hydrogen-bond donors (Lipinski definition) is 1. The maximum Gasteiger partial charge on any atom is 0.224 e. The van der Waals surface area contributed by atoms with Crippen LogP contribution in [0.3, 0.4) is 0 Å². The van der Waals surface area contributed by atoms with Gasteiger partial charge in [-0.05, 0) is 6.42 Å². The highest BCUT2D eigenvalue weighted by Gasteiger charge is 1.94. The van der Waals surface area contributed by atoms with Gasteiger partial charge in [-0.2, -0.15) is 4.89 Å². The first-order chi connectivity index (χ1) is 4.31. The number of nitrogens with one attached hydrogen (secondary N) is 1. The maximum absolute atomic E-state index is 7.04. The van der Waals surface area contributed by atoms with Gasteiger partial charge in [-0.1, -0.05) is 13.3 Å². The Bertz CT molecular complexity index is 87.8. The Labute approximate surface area is 67.6 Å². The highest BCUT2D eigenvalue weighted by Crippen LogP contribution is 1.95. The van der Waals surface area contributed by atoms with Crippen molar-refractivity contribution in [3.05, 3.63) is 0 Å². The van der Waals surface area contributed by atoms with Crippen LogP contribution in [-0.4, -0.2) is 13.0 Å². The fourth-order valence-electron chi connectivity index (χ4n) is 0.480. The summed E-state index contributed by atoms with van der Waals surface area (Å²) in [5.74, 6) is 0.208. The molecule has 0 aliphatic heterocycles. The maximum atomic E-state index is 7.04. The number of unbranched alkanes of at least 4 members (excludes halogenated alkanes) is 1. The van der Waals surface area contributed by atoms with Gasteiger partial charge in [0.15, 0.2) is 0 Å². The first-order valence-electron chi connectivity index (χ1n) is 3.09. The standard InChI is InChI=1S/C6H13NO2.ClH/c1-3-4-5-6(7)9-8-2;/h7H,3-5H2,1-2H3;1H. The molecule has 1 N–H and O–H groups in total. The zero-order chi connectivity index (χ0) is 7.11. The van der Waals surface area contributed by atoms with E-state index in [1.165, 1.54) is 7.11 Å². The van der Waals surface area contributed by atoms with E-state index in [0.717, 1.165) is 12.8 Å². The van der Waals surface area contributed by atoms with Gasteiger partial charge >= 0.3 is 0 Å². The van der Waals surface area contributed by atoms with E-state index >= 15 is 0 Å². The Morgan fingerprint density at radius 2 is 2.10 bits per heavy atom. The Balaban J connectivity index is 0. The lowest BCUT2D eigenvalue weighted by Gasteiger charge is -1.99. The van der Waals surface area contributed by atoms with E-state index in [9.17, 15) is 0 Å². The van der Waals surface area contributed by atoms with E-state index in [1.807, 2.05) is 0 Å². The second-order valence-electron chi connectivity index (χ2n) is 1.78. The van der Waals surface area contributed by atoms with Crippen molar-refractivity contribution in [2.45, 2.75) is 26.2 Å². The molecule has 0 spiro atoms. The summed E-state index contributed by atoms with van der Waals surface area (Å²) in [7, 11) is 1.40. The molecule has 4 heteroatoms. The van der Waals surface area contributed by atoms with Crippen molar-refractivity contribution < 1.29 is 9.78 Å². The van der Waals surface area contributed by atoms with Crippen LogP contribution in [0.1, 0.15) is 26.2 Å². The fourth-order valence-corrected chi connectivity index (χ4v) is 0.480. The van der Waals surface area contributed by atoms with Crippen LogP contribution >= 0.6 is 12.4 Å². The molecule has 0 amide bonds. The van der Waals surface area contributed by atoms with Crippen LogP contribution in [0.4, 0.5) is 0 Å². The summed E-state index contributed by atoms with van der Waals surface area (Å²) in [5.41, 5.74) is 0. The van der Waals surface area contributed by atoms with Crippen molar-refractivity contribution in [3.63, 3.8) is 0 Å². The van der Waals surface area contributed by atoms with Crippen LogP contribution in [0.25, 0.3) is 0 Å². The molecule has 3 nitrogen and oxygen atoms in total. The second kappa shape index (κ2) is 8.72. The van der Waals surface area contributed by atoms with Gasteiger partial charge in [-0.15, -0.1) is 12.4 Å². The molecule has 0 radical (unpaired) electrons. The molecule has 0 saturated heterocycles. The molecule has 0 aliphatic rings. The lowest BCUT2D eigenvalue weighted by Crippen LogP contribution is -2.00. The first-order valence-corrected chi connectivity index (χ1v) is 3.09. The van der Waals surface area contributed by atoms with E-state index in [2.05, 4.69) is 16.7 Å². The summed E-state index contributed by atoms with van der Waals surface area (Å²) in [6, 6.07) is 0. The quantitative estimate of drug-likeness (QED) is 0.302. The van der Waals surface area contributed by atoms with Crippen LogP contribution < -0.4 is 0 Å². The van der Waals surface area contributed by atoms with E-state index in [0.29, 0.717) is 6.42 Å². The van der Waals surface area contributed by atoms with Gasteiger partial charge in [0.1, 0.15) is 0 Å². The van der Waals surface area contributed by atoms with Crippen molar-refractivity contribution >= 4 is 18.3 Å². The zero-order valence-corrected chi connectivity index (χ0v) is 7.16. The molecule has 0 atom stereocenters. The minimum Gasteiger partial charge on any atom is -0.323 e. The highest BCUT2D eigenvalue weighted by molar-refractivity contribution is 5.85. The molecule has 62 valence electrons. The van der Waals surface area contributed by atoms with Gasteiger partial charge in [0.25, 0.3) is 0 Å². The van der Waals surface area contributed by atoms with Crippen molar-refractivity contribution in [2.75, 3.05) is 7.11 Å². The van der Waals surface area contributed by atoms with Gasteiger partial charge < -0.3 is 4.89 Å². The molecule has 0 rings (SSSR count). The summed E-state index contributed by atoms with van der Waals surface area (Å²) in [4.78, 5) is 8.70. The SMILES string of the molecule is CCCCC(=N)OOC.Cl. The van der Waals surface area contributed by atoms with E-state index in [1.54, 1.807) is 0 Å². The van der Waals surface area contributed by atoms with E-state index in [-0.39, 0.29) is 18.3 Å². The summed E-state index contributed by atoms with van der Waals surface area (Å²) >= 11 is 0. The summed E-state index contributed by atoms with van der Waals surface area (Å²) < 4.78 is 0. The van der Waals surface area contributed by atoms with Crippen molar-refractivity contribution in [2.24, 2.45) is 0 Å². The molecular weight excluding hydrogens is 154 g/mol. The number of hydrogen-bond acceptors (Lipinski definition) is 3. The molecule has 0 unspecified atom stereocenters. The first kappa shape index (κ1) is 12.4. The highest BCUT2D eigenvalue weighted by atomic mass is 35.5. The van der Waals surface area contributed by atoms with Gasteiger partial charge in [0.2, 0.25) is 5.90 Å². The van der Waals surface area contributed by atoms with Crippen molar-refractivity contribution in [1.82, 2.24) is 0 Å². The molecule has 0 aliphatic carbocycles. The average Bonchev–Trinajstić information content (AvgIpc) is 1.85. The van der Waals surface area contributed by atoms with Crippen LogP contribution in [0.15, 0.2) is 0 Å². The second-order valence-corrected chi connectivity index (χ2v) is 1.78. The van der Waals surface area contributed by atoms with Crippen molar-refractivity contribution in [1.29, 1.82) is 5.41 Å². The number of rotatable bonds is 4. The summed E-state index contributed by atoms with van der Waals surface area (Å²) in [5, 5.41) is 7.04. The zero-order valence-electron chi connectivity index (χ0n) is 6.35. The molecular formula is C6H14ClNO2. The Kier molecular flexibility index (Phi) is 10.8. The van der Waals surface area contributed by atoms with Crippen LogP contribution in [-0.2, 0) is 9.78 Å². The third-order valence-electron chi connectivity index (χ3n) is 0.941. The molecule has 0 saturated carbocycles. The molecule has 0 aromatic heterocycles. The Morgan fingerprint density at radius 1 is 1.50 bits per heavy atom. The Hall–Kier alpha value is -0.280. The van der Waals surface area contributed by atoms with Gasteiger partial charge in [0, 0.05) is 6.42 Å². The van der Waals surface area contributed by atoms with E-state index in [4.69, 9.17) is 5.41 Å². The topological polar surface area (TPSA) is 42.3 Å². The third kappa shape index (κ3) is 7.72. The van der Waals surface area contributed by atoms with Gasteiger partial charge in [-0.3, -0.25) is 5.41 Å². The largest absolute Gasteiger partial charge is 0.323 e. The average molecular weight is 168 g/mol. The normalized spacial score (nSPS) is 8.20. The Morgan fingerprint density at radius 3 is 2.50 bits per heavy atom. The van der Waals surface area contributed by atoms with E-state index < -0.39 is 0 Å². The lowest BCUT2D eigenvalue weighted by atomic mass is 10.2. The smallest absolute Gasteiger partial charge is 0.224 e. The van der Waals surface area contributed by atoms with Gasteiger partial charge in [0.05, 0.1) is 7.11 Å². The minimum absolute atomic E-state index is 0. The molecule has 10 heavy (non-hydrogen) atoms. The van der Waals surface area contributed by atoms with Crippen LogP contribution in [0.5, 0.6) is 0 Å². The molecule has 0 heterocycles. The van der Waals surface area contributed by atoms with Gasteiger partial charge in [-0.25, -0.2) is 0 Å². The monoisotopic (exact) mass is 167 g/mol. The lowest BCUT2D eigenvalue weighted by molar-refractivity contribution is -0.197. The van der Waals surface area contributed by atoms with Crippen molar-refractivity contribution in [3.8, 4) is 0 Å². The number of halogens is 1. The molecule has 0 aromatic rings. The minimum atomic E-state index is 0. The molecule has 0 bridgehead atoms. The fraction of sp³-hybridized carbons (Fsp3) is 0.833. The summed E-state index contributed by atoms with van der Waals surface area (Å²) in [6.45, 7) is 2.07. The summed E-state index contributed by atoms with van der Waals surface area (Å²) in [6.07, 6.45) is 2.74. The third-order valence-corrected chi connectivity index (χ3v) is 0.941. The predicted molar refractivity (Wildman–Crippen MR) is 42.6 cm³/mol. The van der Waals surface area contributed by atoms with Crippen LogP contribution in [0.2, 0.25) is 0 Å². The molecule has 0 aromatic carbocycles. The molecule has 0 fully saturated rings.